The van der Waals surface area contributed by atoms with Crippen molar-refractivity contribution >= 4 is 5.97 Å². The van der Waals surface area contributed by atoms with E-state index in [1.807, 2.05) is 29.1 Å². The van der Waals surface area contributed by atoms with Crippen molar-refractivity contribution in [3.8, 4) is 17.2 Å². The van der Waals surface area contributed by atoms with Crippen LogP contribution in [-0.2, 0) is 4.74 Å². The Bertz CT molecular complexity index is 575. The quantitative estimate of drug-likeness (QED) is 0.792. The van der Waals surface area contributed by atoms with Gasteiger partial charge >= 0.3 is 5.97 Å². The summed E-state index contributed by atoms with van der Waals surface area (Å²) in [5, 5.41) is 0. The monoisotopic (exact) mass is 261 g/mol. The first-order valence-corrected chi connectivity index (χ1v) is 5.69. The van der Waals surface area contributed by atoms with Gasteiger partial charge in [-0.2, -0.15) is 0 Å². The lowest BCUT2D eigenvalue weighted by atomic mass is 10.1. The van der Waals surface area contributed by atoms with Crippen molar-refractivity contribution < 1.29 is 19.0 Å². The van der Waals surface area contributed by atoms with Gasteiger partial charge < -0.3 is 18.8 Å². The van der Waals surface area contributed by atoms with E-state index in [2.05, 4.69) is 0 Å². The van der Waals surface area contributed by atoms with Crippen LogP contribution in [0.3, 0.4) is 0 Å². The minimum absolute atomic E-state index is 0.413. The number of ether oxygens (including phenoxy) is 3. The Hall–Kier alpha value is -2.43. The van der Waals surface area contributed by atoms with Gasteiger partial charge in [-0.3, -0.25) is 0 Å². The number of hydrogen-bond acceptors (Lipinski definition) is 4. The van der Waals surface area contributed by atoms with Gasteiger partial charge in [0.25, 0.3) is 0 Å². The van der Waals surface area contributed by atoms with E-state index in [0.29, 0.717) is 22.7 Å². The molecule has 19 heavy (non-hydrogen) atoms. The van der Waals surface area contributed by atoms with Crippen molar-refractivity contribution in [3.05, 3.63) is 42.2 Å². The number of methoxy groups -OCH3 is 3. The summed E-state index contributed by atoms with van der Waals surface area (Å²) in [6.45, 7) is 0. The maximum Gasteiger partial charge on any atom is 0.340 e. The molecule has 1 heterocycles. The molecule has 0 atom stereocenters. The topological polar surface area (TPSA) is 49.7 Å². The zero-order valence-electron chi connectivity index (χ0n) is 11.0. The van der Waals surface area contributed by atoms with Crippen LogP contribution in [0.15, 0.2) is 36.7 Å². The summed E-state index contributed by atoms with van der Waals surface area (Å²) in [4.78, 5) is 11.9. The van der Waals surface area contributed by atoms with E-state index in [9.17, 15) is 4.79 Å². The molecule has 2 aromatic rings. The lowest BCUT2D eigenvalue weighted by Crippen LogP contribution is -2.08. The van der Waals surface area contributed by atoms with Crippen LogP contribution in [0.2, 0.25) is 0 Å². The predicted octanol–water partition coefficient (Wildman–Crippen LogP) is 2.28. The number of aromatic nitrogens is 1. The summed E-state index contributed by atoms with van der Waals surface area (Å²) >= 11 is 0. The molecule has 0 amide bonds. The van der Waals surface area contributed by atoms with E-state index in [-0.39, 0.29) is 0 Å². The third kappa shape index (κ3) is 2.40. The van der Waals surface area contributed by atoms with Crippen LogP contribution in [0, 0.1) is 0 Å². The van der Waals surface area contributed by atoms with Gasteiger partial charge in [0.05, 0.1) is 32.6 Å². The molecule has 100 valence electrons. The summed E-state index contributed by atoms with van der Waals surface area (Å²) in [5.74, 6) is 0.613. The largest absolute Gasteiger partial charge is 0.493 e. The molecule has 0 aliphatic rings. The van der Waals surface area contributed by atoms with Crippen LogP contribution in [0.25, 0.3) is 5.69 Å². The first-order valence-electron chi connectivity index (χ1n) is 5.69. The molecule has 0 aliphatic heterocycles. The van der Waals surface area contributed by atoms with Crippen molar-refractivity contribution in [2.24, 2.45) is 0 Å². The molecule has 0 bridgehead atoms. The fraction of sp³-hybridized carbons (Fsp3) is 0.214. The average Bonchev–Trinajstić information content (AvgIpc) is 2.98. The minimum atomic E-state index is -0.426. The predicted molar refractivity (Wildman–Crippen MR) is 70.2 cm³/mol. The van der Waals surface area contributed by atoms with Crippen LogP contribution < -0.4 is 9.47 Å². The number of hydrogen-bond donors (Lipinski definition) is 0. The van der Waals surface area contributed by atoms with Gasteiger partial charge in [0.2, 0.25) is 0 Å². The van der Waals surface area contributed by atoms with Gasteiger partial charge in [0.15, 0.2) is 11.5 Å². The molecule has 1 aromatic carbocycles. The van der Waals surface area contributed by atoms with E-state index in [1.165, 1.54) is 14.2 Å². The SMILES string of the molecule is COC(=O)c1cc(OC)c(OC)cc1-n1cccc1. The molecular weight excluding hydrogens is 246 g/mol. The Morgan fingerprint density at radius 2 is 1.58 bits per heavy atom. The zero-order valence-corrected chi connectivity index (χ0v) is 11.0. The van der Waals surface area contributed by atoms with Gasteiger partial charge in [-0.05, 0) is 12.1 Å². The molecule has 5 nitrogen and oxygen atoms in total. The normalized spacial score (nSPS) is 10.1. The Morgan fingerprint density at radius 1 is 1.00 bits per heavy atom. The summed E-state index contributed by atoms with van der Waals surface area (Å²) in [6, 6.07) is 7.10. The van der Waals surface area contributed by atoms with Gasteiger partial charge in [-0.25, -0.2) is 4.79 Å². The standard InChI is InChI=1S/C14H15NO4/c1-17-12-8-10(14(16)19-3)11(9-13(12)18-2)15-6-4-5-7-15/h4-9H,1-3H3. The van der Waals surface area contributed by atoms with Gasteiger partial charge in [-0.1, -0.05) is 0 Å². The van der Waals surface area contributed by atoms with Crippen molar-refractivity contribution in [3.63, 3.8) is 0 Å². The van der Waals surface area contributed by atoms with Crippen LogP contribution in [0.4, 0.5) is 0 Å². The molecule has 2 rings (SSSR count). The zero-order chi connectivity index (χ0) is 13.8. The smallest absolute Gasteiger partial charge is 0.340 e. The summed E-state index contributed by atoms with van der Waals surface area (Å²) in [5.41, 5.74) is 1.09. The minimum Gasteiger partial charge on any atom is -0.493 e. The number of carbonyl (C=O) groups excluding carboxylic acids is 1. The first kappa shape index (κ1) is 13.0. The lowest BCUT2D eigenvalue weighted by molar-refractivity contribution is 0.0600. The highest BCUT2D eigenvalue weighted by atomic mass is 16.5. The third-order valence-corrected chi connectivity index (χ3v) is 2.79. The highest BCUT2D eigenvalue weighted by molar-refractivity contribution is 5.94. The molecular formula is C14H15NO4. The highest BCUT2D eigenvalue weighted by Gasteiger charge is 2.18. The summed E-state index contributed by atoms with van der Waals surface area (Å²) in [7, 11) is 4.42. The fourth-order valence-electron chi connectivity index (χ4n) is 1.85. The van der Waals surface area contributed by atoms with E-state index in [4.69, 9.17) is 14.2 Å². The average molecular weight is 261 g/mol. The second-order valence-electron chi connectivity index (χ2n) is 3.81. The molecule has 0 aliphatic carbocycles. The van der Waals surface area contributed by atoms with E-state index >= 15 is 0 Å². The Morgan fingerprint density at radius 3 is 2.11 bits per heavy atom. The van der Waals surface area contributed by atoms with E-state index in [0.717, 1.165) is 0 Å². The molecule has 0 saturated heterocycles. The van der Waals surface area contributed by atoms with Crippen molar-refractivity contribution in [2.75, 3.05) is 21.3 Å². The Balaban J connectivity index is 2.65. The maximum absolute atomic E-state index is 11.9. The first-order chi connectivity index (χ1) is 9.21. The molecule has 1 aromatic heterocycles. The fourth-order valence-corrected chi connectivity index (χ4v) is 1.85. The summed E-state index contributed by atoms with van der Waals surface area (Å²) in [6.07, 6.45) is 3.68. The van der Waals surface area contributed by atoms with Gasteiger partial charge in [0, 0.05) is 24.5 Å². The van der Waals surface area contributed by atoms with Crippen molar-refractivity contribution in [1.82, 2.24) is 4.57 Å². The number of benzene rings is 1. The van der Waals surface area contributed by atoms with Crippen LogP contribution in [0.1, 0.15) is 10.4 Å². The highest BCUT2D eigenvalue weighted by Crippen LogP contribution is 2.32. The van der Waals surface area contributed by atoms with E-state index in [1.54, 1.807) is 19.2 Å². The molecule has 5 heteroatoms. The third-order valence-electron chi connectivity index (χ3n) is 2.79. The number of nitrogens with zero attached hydrogens (tertiary/aromatic N) is 1. The summed E-state index contributed by atoms with van der Waals surface area (Å²) < 4.78 is 17.1. The Labute approximate surface area is 111 Å². The molecule has 0 spiro atoms. The molecule has 0 radical (unpaired) electrons. The second kappa shape index (κ2) is 5.48. The second-order valence-corrected chi connectivity index (χ2v) is 3.81. The lowest BCUT2D eigenvalue weighted by Gasteiger charge is -2.14. The van der Waals surface area contributed by atoms with Crippen molar-refractivity contribution in [1.29, 1.82) is 0 Å². The molecule has 0 N–H and O–H groups in total. The Kier molecular flexibility index (Phi) is 3.75. The molecule has 0 fully saturated rings. The van der Waals surface area contributed by atoms with E-state index < -0.39 is 5.97 Å². The van der Waals surface area contributed by atoms with Crippen LogP contribution in [-0.4, -0.2) is 31.9 Å². The van der Waals surface area contributed by atoms with Gasteiger partial charge in [0.1, 0.15) is 0 Å². The maximum atomic E-state index is 11.9. The van der Waals surface area contributed by atoms with Crippen LogP contribution in [0.5, 0.6) is 11.5 Å². The van der Waals surface area contributed by atoms with Crippen LogP contribution >= 0.6 is 0 Å². The number of rotatable bonds is 4. The molecule has 0 unspecified atom stereocenters. The van der Waals surface area contributed by atoms with Crippen molar-refractivity contribution in [2.45, 2.75) is 0 Å². The number of esters is 1. The van der Waals surface area contributed by atoms with Gasteiger partial charge in [-0.15, -0.1) is 0 Å². The molecule has 0 saturated carbocycles. The number of carbonyl (C=O) groups is 1.